The third-order valence-electron chi connectivity index (χ3n) is 2.18. The molecule has 0 spiro atoms. The molecule has 0 aliphatic heterocycles. The molecule has 0 bridgehead atoms. The van der Waals surface area contributed by atoms with E-state index in [1.165, 1.54) is 36.4 Å². The Morgan fingerprint density at radius 1 is 0.909 bits per heavy atom. The number of aromatic carboxylic acids is 2. The molecular weight excluding hydrogens is 431 g/mol. The van der Waals surface area contributed by atoms with Crippen LogP contribution in [-0.2, 0) is 35.9 Å². The number of carbonyl (C=O) groups is 2. The van der Waals surface area contributed by atoms with E-state index in [1.54, 1.807) is 12.1 Å². The van der Waals surface area contributed by atoms with Crippen LogP contribution >= 0.6 is 15.9 Å². The quantitative estimate of drug-likeness (QED) is 0.759. The minimum absolute atomic E-state index is 0. The standard InChI is InChI=1S/C7H5BrO2.C7H6O3.Cr.V/c2*8-6-3-1-5(2-4-6)7(9)10;;/h1-4H,(H,9,10);1-4,8H,(H,9,10);;/q;;2*+2/p-2. The van der Waals surface area contributed by atoms with Gasteiger partial charge in [-0.15, -0.1) is 5.75 Å². The van der Waals surface area contributed by atoms with Gasteiger partial charge in [-0.05, 0) is 29.8 Å². The molecule has 5 nitrogen and oxygen atoms in total. The van der Waals surface area contributed by atoms with Gasteiger partial charge in [-0.3, -0.25) is 0 Å². The Morgan fingerprint density at radius 2 is 1.32 bits per heavy atom. The summed E-state index contributed by atoms with van der Waals surface area (Å²) < 4.78 is 0.859. The van der Waals surface area contributed by atoms with E-state index in [0.29, 0.717) is 0 Å². The van der Waals surface area contributed by atoms with Crippen LogP contribution in [0.5, 0.6) is 5.75 Å². The van der Waals surface area contributed by atoms with Gasteiger partial charge < -0.3 is 20.1 Å². The Balaban J connectivity index is 0. The van der Waals surface area contributed by atoms with E-state index < -0.39 is 11.9 Å². The van der Waals surface area contributed by atoms with Crippen LogP contribution in [0.1, 0.15) is 20.7 Å². The Morgan fingerprint density at radius 3 is 1.68 bits per heavy atom. The van der Waals surface area contributed by atoms with Gasteiger partial charge in [0.2, 0.25) is 0 Å². The molecule has 8 heteroatoms. The van der Waals surface area contributed by atoms with Crippen molar-refractivity contribution in [1.82, 2.24) is 0 Å². The fourth-order valence-electron chi connectivity index (χ4n) is 1.18. The first-order chi connectivity index (χ1) is 9.40. The van der Waals surface area contributed by atoms with Gasteiger partial charge in [-0.25, -0.2) is 4.79 Å². The number of carboxylic acid groups (broad SMARTS) is 2. The number of benzene rings is 2. The molecular formula is C14H9BrCrO5V+2. The number of halogens is 1. The monoisotopic (exact) mass is 439 g/mol. The molecule has 2 rings (SSSR count). The molecule has 0 unspecified atom stereocenters. The first-order valence-electron chi connectivity index (χ1n) is 5.37. The summed E-state index contributed by atoms with van der Waals surface area (Å²) in [5.74, 6) is -2.34. The van der Waals surface area contributed by atoms with Crippen LogP contribution in [0.3, 0.4) is 0 Å². The average Bonchev–Trinajstić information content (AvgIpc) is 2.40. The summed E-state index contributed by atoms with van der Waals surface area (Å²) in [4.78, 5) is 20.4. The number of carboxylic acids is 2. The third kappa shape index (κ3) is 8.28. The topological polar surface area (TPSA) is 100 Å². The molecule has 0 saturated carbocycles. The van der Waals surface area contributed by atoms with Gasteiger partial charge in [0, 0.05) is 4.47 Å². The van der Waals surface area contributed by atoms with Crippen molar-refractivity contribution in [2.75, 3.05) is 0 Å². The predicted molar refractivity (Wildman–Crippen MR) is 71.3 cm³/mol. The second-order valence-corrected chi connectivity index (χ2v) is 4.54. The zero-order chi connectivity index (χ0) is 15.1. The van der Waals surface area contributed by atoms with Crippen LogP contribution in [0, 0.1) is 0 Å². The Hall–Kier alpha value is -1.22. The Bertz CT molecular complexity index is 546. The summed E-state index contributed by atoms with van der Waals surface area (Å²) in [5, 5.41) is 29.0. The van der Waals surface area contributed by atoms with Crippen molar-refractivity contribution in [2.45, 2.75) is 0 Å². The van der Waals surface area contributed by atoms with E-state index in [1.807, 2.05) is 0 Å². The summed E-state index contributed by atoms with van der Waals surface area (Å²) in [6.07, 6.45) is 0. The fourth-order valence-corrected chi connectivity index (χ4v) is 1.45. The van der Waals surface area contributed by atoms with Gasteiger partial charge in [0.25, 0.3) is 0 Å². The van der Waals surface area contributed by atoms with Crippen molar-refractivity contribution in [3.8, 4) is 5.75 Å². The molecule has 0 heterocycles. The summed E-state index contributed by atoms with van der Waals surface area (Å²) >= 11 is 3.18. The maximum Gasteiger partial charge on any atom is 2.00 e. The van der Waals surface area contributed by atoms with Gasteiger partial charge in [-0.1, -0.05) is 40.2 Å². The number of hydrogen-bond donors (Lipinski definition) is 1. The van der Waals surface area contributed by atoms with Crippen LogP contribution in [0.25, 0.3) is 0 Å². The first-order valence-corrected chi connectivity index (χ1v) is 6.16. The predicted octanol–water partition coefficient (Wildman–Crippen LogP) is 1.27. The third-order valence-corrected chi connectivity index (χ3v) is 2.71. The second-order valence-electron chi connectivity index (χ2n) is 3.62. The number of hydrogen-bond acceptors (Lipinski definition) is 4. The molecule has 0 aliphatic rings. The largest absolute Gasteiger partial charge is 2.00 e. The molecule has 2 aromatic rings. The second kappa shape index (κ2) is 11.4. The molecule has 1 N–H and O–H groups in total. The van der Waals surface area contributed by atoms with Crippen molar-refractivity contribution < 1.29 is 60.8 Å². The van der Waals surface area contributed by atoms with Crippen LogP contribution < -0.4 is 10.2 Å². The first kappa shape index (κ1) is 23.0. The summed E-state index contributed by atoms with van der Waals surface area (Å²) in [7, 11) is 0. The zero-order valence-electron chi connectivity index (χ0n) is 10.9. The minimum Gasteiger partial charge on any atom is -0.872 e. The van der Waals surface area contributed by atoms with E-state index in [-0.39, 0.29) is 52.8 Å². The van der Waals surface area contributed by atoms with E-state index in [2.05, 4.69) is 15.9 Å². The SMILES string of the molecule is O=C(O)c1ccc([O-])cc1.O=C([O-])c1ccc(Br)cc1.[Cr+2].[V+2]. The Kier molecular flexibility index (Phi) is 11.9. The van der Waals surface area contributed by atoms with Crippen molar-refractivity contribution >= 4 is 27.9 Å². The number of rotatable bonds is 2. The molecule has 0 amide bonds. The van der Waals surface area contributed by atoms with Crippen LogP contribution in [0.4, 0.5) is 0 Å². The summed E-state index contributed by atoms with van der Waals surface area (Å²) in [5.41, 5.74) is 0.336. The molecule has 0 saturated heterocycles. The van der Waals surface area contributed by atoms with Crippen LogP contribution in [0.15, 0.2) is 53.0 Å². The molecule has 0 aliphatic carbocycles. The summed E-state index contributed by atoms with van der Waals surface area (Å²) in [6, 6.07) is 11.3. The van der Waals surface area contributed by atoms with E-state index in [9.17, 15) is 19.8 Å². The normalized spacial score (nSPS) is 8.41. The van der Waals surface area contributed by atoms with Gasteiger partial charge in [0.1, 0.15) is 0 Å². The zero-order valence-corrected chi connectivity index (χ0v) is 15.2. The van der Waals surface area contributed by atoms with Gasteiger partial charge in [0.15, 0.2) is 0 Å². The molecule has 111 valence electrons. The van der Waals surface area contributed by atoms with Crippen molar-refractivity contribution in [1.29, 1.82) is 0 Å². The van der Waals surface area contributed by atoms with Gasteiger partial charge in [0.05, 0.1) is 11.5 Å². The summed E-state index contributed by atoms with van der Waals surface area (Å²) in [6.45, 7) is 0. The van der Waals surface area contributed by atoms with Gasteiger partial charge >= 0.3 is 41.9 Å². The van der Waals surface area contributed by atoms with Crippen LogP contribution in [-0.4, -0.2) is 17.0 Å². The van der Waals surface area contributed by atoms with E-state index >= 15 is 0 Å². The minimum atomic E-state index is -1.15. The van der Waals surface area contributed by atoms with Crippen LogP contribution in [0.2, 0.25) is 0 Å². The average molecular weight is 440 g/mol. The maximum absolute atomic E-state index is 10.5. The van der Waals surface area contributed by atoms with Gasteiger partial charge in [-0.2, -0.15) is 0 Å². The molecule has 22 heavy (non-hydrogen) atoms. The fraction of sp³-hybridized carbons (Fsp3) is 0. The Labute approximate surface area is 158 Å². The van der Waals surface area contributed by atoms with Crippen molar-refractivity contribution in [3.05, 3.63) is 64.1 Å². The molecule has 0 fully saturated rings. The van der Waals surface area contributed by atoms with Crippen molar-refractivity contribution in [2.24, 2.45) is 0 Å². The molecule has 2 aromatic carbocycles. The maximum atomic E-state index is 10.5. The molecule has 0 aromatic heterocycles. The van der Waals surface area contributed by atoms with E-state index in [4.69, 9.17) is 5.11 Å². The number of carbonyl (C=O) groups excluding carboxylic acids is 1. The molecule has 1 radical (unpaired) electrons. The molecule has 0 atom stereocenters. The van der Waals surface area contributed by atoms with E-state index in [0.717, 1.165) is 4.47 Å². The van der Waals surface area contributed by atoms with Crippen molar-refractivity contribution in [3.63, 3.8) is 0 Å². The smallest absolute Gasteiger partial charge is 0.872 e.